The molecule has 1 fully saturated rings. The molecule has 0 aromatic carbocycles. The number of aryl methyl sites for hydroxylation is 1. The molecule has 6 nitrogen and oxygen atoms in total. The lowest BCUT2D eigenvalue weighted by Gasteiger charge is -2.24. The Balaban J connectivity index is 1.89. The first-order chi connectivity index (χ1) is 11.2. The summed E-state index contributed by atoms with van der Waals surface area (Å²) in [5.41, 5.74) is 2.84. The number of hydrogen-bond acceptors (Lipinski definition) is 4. The predicted octanol–water partition coefficient (Wildman–Crippen LogP) is 2.27. The largest absolute Gasteiger partial charge is 0.375 e. The van der Waals surface area contributed by atoms with Crippen molar-refractivity contribution in [3.05, 3.63) is 36.2 Å². The highest BCUT2D eigenvalue weighted by Crippen LogP contribution is 2.32. The third kappa shape index (κ3) is 3.12. The van der Waals surface area contributed by atoms with Crippen molar-refractivity contribution >= 4 is 5.91 Å². The number of ether oxygens (including phenoxy) is 1. The van der Waals surface area contributed by atoms with Crippen molar-refractivity contribution in [2.75, 3.05) is 20.3 Å². The van der Waals surface area contributed by atoms with Crippen LogP contribution in [0.3, 0.4) is 0 Å². The number of nitrogens with zero attached hydrogens (tertiary/aromatic N) is 4. The predicted molar refractivity (Wildman–Crippen MR) is 86.7 cm³/mol. The molecule has 122 valence electrons. The van der Waals surface area contributed by atoms with Gasteiger partial charge in [0.2, 0.25) is 5.91 Å². The summed E-state index contributed by atoms with van der Waals surface area (Å²) in [7, 11) is 1.55. The van der Waals surface area contributed by atoms with E-state index in [9.17, 15) is 4.79 Å². The Morgan fingerprint density at radius 2 is 2.26 bits per heavy atom. The van der Waals surface area contributed by atoms with Gasteiger partial charge in [0.15, 0.2) is 0 Å². The Kier molecular flexibility index (Phi) is 4.71. The van der Waals surface area contributed by atoms with Crippen LogP contribution in [-0.2, 0) is 16.1 Å². The van der Waals surface area contributed by atoms with Gasteiger partial charge in [-0.2, -0.15) is 5.10 Å². The van der Waals surface area contributed by atoms with E-state index in [1.165, 1.54) is 0 Å². The normalized spacial score (nSPS) is 17.7. The van der Waals surface area contributed by atoms with E-state index >= 15 is 0 Å². The maximum Gasteiger partial charge on any atom is 0.249 e. The summed E-state index contributed by atoms with van der Waals surface area (Å²) in [6.07, 6.45) is 3.73. The molecular formula is C17H22N4O2. The van der Waals surface area contributed by atoms with E-state index in [0.29, 0.717) is 0 Å². The summed E-state index contributed by atoms with van der Waals surface area (Å²) >= 11 is 0. The fourth-order valence-electron chi connectivity index (χ4n) is 3.16. The first-order valence-corrected chi connectivity index (χ1v) is 8.02. The molecule has 1 saturated heterocycles. The maximum absolute atomic E-state index is 12.2. The molecule has 1 atom stereocenters. The molecule has 2 aromatic rings. The van der Waals surface area contributed by atoms with Crippen molar-refractivity contribution in [1.29, 1.82) is 0 Å². The summed E-state index contributed by atoms with van der Waals surface area (Å²) in [5, 5.41) is 4.30. The zero-order chi connectivity index (χ0) is 16.2. The van der Waals surface area contributed by atoms with E-state index < -0.39 is 0 Å². The number of methoxy groups -OCH3 is 1. The molecule has 0 radical (unpaired) electrons. The first-order valence-electron chi connectivity index (χ1n) is 8.02. The van der Waals surface area contributed by atoms with Crippen molar-refractivity contribution in [3.8, 4) is 11.4 Å². The quantitative estimate of drug-likeness (QED) is 0.849. The van der Waals surface area contributed by atoms with Gasteiger partial charge in [-0.05, 0) is 38.0 Å². The highest BCUT2D eigenvalue weighted by atomic mass is 16.5. The SMILES string of the molecule is CCn1nccc1-c1cccc(C2CCCN2C(=O)COC)n1. The highest BCUT2D eigenvalue weighted by molar-refractivity contribution is 5.78. The molecule has 0 aliphatic carbocycles. The van der Waals surface area contributed by atoms with Crippen LogP contribution in [0.5, 0.6) is 0 Å². The van der Waals surface area contributed by atoms with Crippen LogP contribution in [0, 0.1) is 0 Å². The maximum atomic E-state index is 12.2. The number of rotatable bonds is 5. The molecule has 1 aliphatic rings. The molecule has 1 unspecified atom stereocenters. The number of likely N-dealkylation sites (tertiary alicyclic amines) is 1. The van der Waals surface area contributed by atoms with Gasteiger partial charge < -0.3 is 9.64 Å². The number of amides is 1. The molecule has 0 N–H and O–H groups in total. The smallest absolute Gasteiger partial charge is 0.249 e. The van der Waals surface area contributed by atoms with E-state index in [1.54, 1.807) is 13.3 Å². The van der Waals surface area contributed by atoms with E-state index in [2.05, 4.69) is 12.0 Å². The minimum Gasteiger partial charge on any atom is -0.375 e. The van der Waals surface area contributed by atoms with Crippen molar-refractivity contribution in [2.45, 2.75) is 32.4 Å². The van der Waals surface area contributed by atoms with Crippen LogP contribution < -0.4 is 0 Å². The van der Waals surface area contributed by atoms with Crippen molar-refractivity contribution in [2.24, 2.45) is 0 Å². The van der Waals surface area contributed by atoms with Crippen molar-refractivity contribution < 1.29 is 9.53 Å². The van der Waals surface area contributed by atoms with Crippen LogP contribution >= 0.6 is 0 Å². The van der Waals surface area contributed by atoms with Gasteiger partial charge >= 0.3 is 0 Å². The third-order valence-electron chi connectivity index (χ3n) is 4.23. The lowest BCUT2D eigenvalue weighted by Crippen LogP contribution is -2.33. The number of aromatic nitrogens is 3. The average molecular weight is 314 g/mol. The second-order valence-corrected chi connectivity index (χ2v) is 5.66. The second kappa shape index (κ2) is 6.91. The molecule has 2 aromatic heterocycles. The Morgan fingerprint density at radius 3 is 3.04 bits per heavy atom. The van der Waals surface area contributed by atoms with Crippen LogP contribution in [0.25, 0.3) is 11.4 Å². The molecule has 0 spiro atoms. The van der Waals surface area contributed by atoms with E-state index in [4.69, 9.17) is 9.72 Å². The number of hydrogen-bond donors (Lipinski definition) is 0. The van der Waals surface area contributed by atoms with Crippen LogP contribution in [-0.4, -0.2) is 45.8 Å². The summed E-state index contributed by atoms with van der Waals surface area (Å²) in [6.45, 7) is 3.75. The van der Waals surface area contributed by atoms with Gasteiger partial charge in [0.25, 0.3) is 0 Å². The lowest BCUT2D eigenvalue weighted by atomic mass is 10.1. The monoisotopic (exact) mass is 314 g/mol. The number of carbonyl (C=O) groups is 1. The van der Waals surface area contributed by atoms with Crippen LogP contribution in [0.4, 0.5) is 0 Å². The van der Waals surface area contributed by atoms with Gasteiger partial charge in [0.1, 0.15) is 6.61 Å². The van der Waals surface area contributed by atoms with Crippen molar-refractivity contribution in [3.63, 3.8) is 0 Å². The average Bonchev–Trinajstić information content (AvgIpc) is 3.24. The fourth-order valence-corrected chi connectivity index (χ4v) is 3.16. The molecule has 23 heavy (non-hydrogen) atoms. The minimum atomic E-state index is 0.0285. The van der Waals surface area contributed by atoms with E-state index in [-0.39, 0.29) is 18.6 Å². The van der Waals surface area contributed by atoms with Crippen LogP contribution in [0.2, 0.25) is 0 Å². The minimum absolute atomic E-state index is 0.0285. The van der Waals surface area contributed by atoms with Gasteiger partial charge in [-0.1, -0.05) is 6.07 Å². The Labute approximate surface area is 136 Å². The molecule has 0 bridgehead atoms. The van der Waals surface area contributed by atoms with E-state index in [1.807, 2.05) is 33.8 Å². The molecule has 3 rings (SSSR count). The fraction of sp³-hybridized carbons (Fsp3) is 0.471. The van der Waals surface area contributed by atoms with Crippen molar-refractivity contribution in [1.82, 2.24) is 19.7 Å². The zero-order valence-corrected chi connectivity index (χ0v) is 13.6. The third-order valence-corrected chi connectivity index (χ3v) is 4.23. The van der Waals surface area contributed by atoms with Gasteiger partial charge in [0.05, 0.1) is 23.1 Å². The Morgan fingerprint density at radius 1 is 1.39 bits per heavy atom. The lowest BCUT2D eigenvalue weighted by molar-refractivity contribution is -0.136. The van der Waals surface area contributed by atoms with Crippen LogP contribution in [0.1, 0.15) is 31.5 Å². The molecule has 3 heterocycles. The molecule has 0 saturated carbocycles. The number of carbonyl (C=O) groups excluding carboxylic acids is 1. The first kappa shape index (κ1) is 15.7. The summed E-state index contributed by atoms with van der Waals surface area (Å²) in [4.78, 5) is 18.9. The van der Waals surface area contributed by atoms with Crippen LogP contribution in [0.15, 0.2) is 30.5 Å². The Hall–Kier alpha value is -2.21. The van der Waals surface area contributed by atoms with Gasteiger partial charge in [-0.15, -0.1) is 0 Å². The number of pyridine rings is 1. The summed E-state index contributed by atoms with van der Waals surface area (Å²) in [5.74, 6) is 0.0285. The molecule has 1 aliphatic heterocycles. The summed E-state index contributed by atoms with van der Waals surface area (Å²) < 4.78 is 6.92. The topological polar surface area (TPSA) is 60.2 Å². The second-order valence-electron chi connectivity index (χ2n) is 5.66. The van der Waals surface area contributed by atoms with Gasteiger partial charge in [-0.25, -0.2) is 4.98 Å². The Bertz CT molecular complexity index is 683. The van der Waals surface area contributed by atoms with Gasteiger partial charge in [-0.3, -0.25) is 9.48 Å². The summed E-state index contributed by atoms with van der Waals surface area (Å²) in [6, 6.07) is 8.00. The standard InChI is InChI=1S/C17H22N4O2/c1-3-21-16(9-10-18-21)14-7-4-6-13(19-14)15-8-5-11-20(15)17(22)12-23-2/h4,6-7,9-10,15H,3,5,8,11-12H2,1-2H3. The van der Waals surface area contributed by atoms with E-state index in [0.717, 1.165) is 43.0 Å². The highest BCUT2D eigenvalue weighted by Gasteiger charge is 2.30. The van der Waals surface area contributed by atoms with Gasteiger partial charge in [0, 0.05) is 26.4 Å². The molecule has 6 heteroatoms. The molecule has 1 amide bonds. The molecular weight excluding hydrogens is 292 g/mol. The zero-order valence-electron chi connectivity index (χ0n) is 13.6.